The number of carbonyl (C=O) groups excluding carboxylic acids is 2. The van der Waals surface area contributed by atoms with Crippen molar-refractivity contribution in [3.63, 3.8) is 0 Å². The minimum absolute atomic E-state index is 0.197. The number of hydrogen-bond donors (Lipinski definition) is 2. The average molecular weight is 313 g/mol. The van der Waals surface area contributed by atoms with E-state index in [4.69, 9.17) is 11.6 Å². The van der Waals surface area contributed by atoms with E-state index in [1.54, 1.807) is 12.1 Å². The Labute approximate surface area is 130 Å². The van der Waals surface area contributed by atoms with Gasteiger partial charge < -0.3 is 15.4 Å². The molecular formula is C15H21ClN2O3. The Bertz CT molecular complexity index is 492. The molecule has 0 saturated heterocycles. The third-order valence-corrected chi connectivity index (χ3v) is 3.41. The van der Waals surface area contributed by atoms with Gasteiger partial charge in [0.25, 0.3) is 0 Å². The van der Waals surface area contributed by atoms with E-state index < -0.39 is 0 Å². The molecule has 0 aliphatic heterocycles. The van der Waals surface area contributed by atoms with Crippen molar-refractivity contribution in [3.05, 3.63) is 28.8 Å². The van der Waals surface area contributed by atoms with Gasteiger partial charge in [-0.05, 0) is 37.5 Å². The van der Waals surface area contributed by atoms with E-state index in [1.807, 2.05) is 13.0 Å². The van der Waals surface area contributed by atoms with Crippen molar-refractivity contribution < 1.29 is 14.3 Å². The van der Waals surface area contributed by atoms with Crippen LogP contribution in [0.2, 0.25) is 5.02 Å². The van der Waals surface area contributed by atoms with Gasteiger partial charge in [-0.25, -0.2) is 4.79 Å². The molecule has 2 amide bonds. The Kier molecular flexibility index (Phi) is 7.61. The van der Waals surface area contributed by atoms with Crippen LogP contribution in [0.5, 0.6) is 0 Å². The van der Waals surface area contributed by atoms with Crippen LogP contribution in [0.4, 0.5) is 10.5 Å². The summed E-state index contributed by atoms with van der Waals surface area (Å²) in [4.78, 5) is 22.6. The third kappa shape index (κ3) is 6.99. The van der Waals surface area contributed by atoms with Gasteiger partial charge in [-0.1, -0.05) is 24.1 Å². The van der Waals surface area contributed by atoms with E-state index in [2.05, 4.69) is 15.4 Å². The van der Waals surface area contributed by atoms with Crippen LogP contribution >= 0.6 is 11.6 Å². The summed E-state index contributed by atoms with van der Waals surface area (Å²) < 4.78 is 4.55. The lowest BCUT2D eigenvalue weighted by Crippen LogP contribution is -2.29. The van der Waals surface area contributed by atoms with Crippen LogP contribution in [0.1, 0.15) is 31.2 Å². The molecule has 0 aliphatic rings. The van der Waals surface area contributed by atoms with Gasteiger partial charge in [-0.3, -0.25) is 4.79 Å². The first kappa shape index (κ1) is 17.3. The average Bonchev–Trinajstić information content (AvgIpc) is 2.46. The number of nitrogens with one attached hydrogen (secondary N) is 2. The lowest BCUT2D eigenvalue weighted by molar-refractivity contribution is -0.140. The first-order valence-electron chi connectivity index (χ1n) is 6.90. The molecule has 116 valence electrons. The second-order valence-electron chi connectivity index (χ2n) is 4.73. The number of benzene rings is 1. The SMILES string of the molecule is COC(=O)CCCCCNC(=O)Nc1ccc(C)c(Cl)c1. The highest BCUT2D eigenvalue weighted by molar-refractivity contribution is 6.31. The molecule has 0 aliphatic carbocycles. The molecule has 0 spiro atoms. The van der Waals surface area contributed by atoms with Crippen molar-refractivity contribution in [3.8, 4) is 0 Å². The van der Waals surface area contributed by atoms with Crippen molar-refractivity contribution >= 4 is 29.3 Å². The highest BCUT2D eigenvalue weighted by Gasteiger charge is 2.03. The smallest absolute Gasteiger partial charge is 0.319 e. The molecule has 0 aromatic heterocycles. The zero-order valence-corrected chi connectivity index (χ0v) is 13.1. The number of rotatable bonds is 7. The van der Waals surface area contributed by atoms with Crippen molar-refractivity contribution in [2.45, 2.75) is 32.6 Å². The Morgan fingerprint density at radius 2 is 2.00 bits per heavy atom. The summed E-state index contributed by atoms with van der Waals surface area (Å²) in [6.45, 7) is 2.47. The maximum absolute atomic E-state index is 11.7. The van der Waals surface area contributed by atoms with Gasteiger partial charge >= 0.3 is 12.0 Å². The molecule has 0 bridgehead atoms. The van der Waals surface area contributed by atoms with Crippen LogP contribution in [0.25, 0.3) is 0 Å². The molecule has 0 saturated carbocycles. The van der Waals surface area contributed by atoms with Gasteiger partial charge in [-0.2, -0.15) is 0 Å². The fraction of sp³-hybridized carbons (Fsp3) is 0.467. The van der Waals surface area contributed by atoms with E-state index in [0.717, 1.165) is 24.8 Å². The van der Waals surface area contributed by atoms with Crippen molar-refractivity contribution in [1.29, 1.82) is 0 Å². The van der Waals surface area contributed by atoms with Crippen molar-refractivity contribution in [1.82, 2.24) is 5.32 Å². The summed E-state index contributed by atoms with van der Waals surface area (Å²) in [6, 6.07) is 5.11. The summed E-state index contributed by atoms with van der Waals surface area (Å²) >= 11 is 5.99. The lowest BCUT2D eigenvalue weighted by Gasteiger charge is -2.08. The molecular weight excluding hydrogens is 292 g/mol. The highest BCUT2D eigenvalue weighted by atomic mass is 35.5. The minimum atomic E-state index is -0.261. The van der Waals surface area contributed by atoms with Gasteiger partial charge in [0.2, 0.25) is 0 Å². The Morgan fingerprint density at radius 1 is 1.24 bits per heavy atom. The summed E-state index contributed by atoms with van der Waals surface area (Å²) in [6.07, 6.45) is 2.87. The number of amides is 2. The van der Waals surface area contributed by atoms with Crippen LogP contribution in [-0.2, 0) is 9.53 Å². The normalized spacial score (nSPS) is 10.0. The summed E-state index contributed by atoms with van der Waals surface area (Å²) in [5.41, 5.74) is 1.63. The predicted octanol–water partition coefficient (Wildman–Crippen LogP) is 3.50. The molecule has 0 radical (unpaired) electrons. The molecule has 0 heterocycles. The maximum atomic E-state index is 11.7. The van der Waals surface area contributed by atoms with Crippen LogP contribution < -0.4 is 10.6 Å². The summed E-state index contributed by atoms with van der Waals surface area (Å²) in [5.74, 6) is -0.197. The molecule has 21 heavy (non-hydrogen) atoms. The molecule has 1 aromatic rings. The van der Waals surface area contributed by atoms with Gasteiger partial charge in [0, 0.05) is 23.7 Å². The molecule has 5 nitrogen and oxygen atoms in total. The van der Waals surface area contributed by atoms with Gasteiger partial charge in [0.05, 0.1) is 7.11 Å². The van der Waals surface area contributed by atoms with Crippen LogP contribution in [0.15, 0.2) is 18.2 Å². The number of anilines is 1. The zero-order valence-electron chi connectivity index (χ0n) is 12.4. The number of ether oxygens (including phenoxy) is 1. The summed E-state index contributed by atoms with van der Waals surface area (Å²) in [5, 5.41) is 6.10. The van der Waals surface area contributed by atoms with E-state index in [-0.39, 0.29) is 12.0 Å². The van der Waals surface area contributed by atoms with Crippen LogP contribution in [-0.4, -0.2) is 25.7 Å². The molecule has 6 heteroatoms. The fourth-order valence-corrected chi connectivity index (χ4v) is 1.90. The monoisotopic (exact) mass is 312 g/mol. The number of hydrogen-bond acceptors (Lipinski definition) is 3. The van der Waals surface area contributed by atoms with E-state index in [9.17, 15) is 9.59 Å². The standard InChI is InChI=1S/C15H21ClN2O3/c1-11-7-8-12(10-13(11)16)18-15(20)17-9-5-3-4-6-14(19)21-2/h7-8,10H,3-6,9H2,1-2H3,(H2,17,18,20). The predicted molar refractivity (Wildman–Crippen MR) is 83.7 cm³/mol. The van der Waals surface area contributed by atoms with Gasteiger partial charge in [0.1, 0.15) is 0 Å². The number of aryl methyl sites for hydroxylation is 1. The van der Waals surface area contributed by atoms with E-state index >= 15 is 0 Å². The lowest BCUT2D eigenvalue weighted by atomic mass is 10.2. The number of esters is 1. The van der Waals surface area contributed by atoms with Gasteiger partial charge in [-0.15, -0.1) is 0 Å². The zero-order chi connectivity index (χ0) is 15.7. The fourth-order valence-electron chi connectivity index (χ4n) is 1.72. The Hall–Kier alpha value is -1.75. The number of methoxy groups -OCH3 is 1. The minimum Gasteiger partial charge on any atom is -0.469 e. The maximum Gasteiger partial charge on any atom is 0.319 e. The molecule has 0 atom stereocenters. The quantitative estimate of drug-likeness (QED) is 0.598. The molecule has 0 unspecified atom stereocenters. The second kappa shape index (κ2) is 9.23. The summed E-state index contributed by atoms with van der Waals surface area (Å²) in [7, 11) is 1.38. The number of carbonyl (C=O) groups is 2. The molecule has 1 rings (SSSR count). The number of halogens is 1. The molecule has 2 N–H and O–H groups in total. The van der Waals surface area contributed by atoms with Crippen LogP contribution in [0, 0.1) is 6.92 Å². The molecule has 0 fully saturated rings. The number of unbranched alkanes of at least 4 members (excludes halogenated alkanes) is 2. The second-order valence-corrected chi connectivity index (χ2v) is 5.14. The topological polar surface area (TPSA) is 67.4 Å². The highest BCUT2D eigenvalue weighted by Crippen LogP contribution is 2.19. The van der Waals surface area contributed by atoms with E-state index in [0.29, 0.717) is 23.7 Å². The number of urea groups is 1. The Balaban J connectivity index is 2.16. The van der Waals surface area contributed by atoms with E-state index in [1.165, 1.54) is 7.11 Å². The van der Waals surface area contributed by atoms with Crippen molar-refractivity contribution in [2.24, 2.45) is 0 Å². The van der Waals surface area contributed by atoms with Crippen molar-refractivity contribution in [2.75, 3.05) is 19.0 Å². The largest absolute Gasteiger partial charge is 0.469 e. The molecule has 1 aromatic carbocycles. The third-order valence-electron chi connectivity index (χ3n) is 3.00. The first-order chi connectivity index (χ1) is 10.0. The van der Waals surface area contributed by atoms with Crippen LogP contribution in [0.3, 0.4) is 0 Å². The Morgan fingerprint density at radius 3 is 2.67 bits per heavy atom. The van der Waals surface area contributed by atoms with Gasteiger partial charge in [0.15, 0.2) is 0 Å². The first-order valence-corrected chi connectivity index (χ1v) is 7.28.